The first-order valence-corrected chi connectivity index (χ1v) is 6.99. The van der Waals surface area contributed by atoms with Crippen LogP contribution in [0.1, 0.15) is 18.7 Å². The largest absolute Gasteiger partial charge is 0.384 e. The van der Waals surface area contributed by atoms with Gasteiger partial charge in [0.05, 0.1) is 6.61 Å². The summed E-state index contributed by atoms with van der Waals surface area (Å²) in [5.74, 6) is 1.32. The number of carbonyl (C=O) groups excluding carboxylic acids is 1. The molecule has 6 nitrogen and oxygen atoms in total. The molecule has 1 amide bonds. The van der Waals surface area contributed by atoms with E-state index in [2.05, 4.69) is 15.5 Å². The molecule has 0 aliphatic heterocycles. The number of aromatic nitrogens is 2. The van der Waals surface area contributed by atoms with Gasteiger partial charge in [0.2, 0.25) is 5.91 Å². The van der Waals surface area contributed by atoms with E-state index in [0.717, 1.165) is 24.1 Å². The lowest BCUT2D eigenvalue weighted by molar-refractivity contribution is -0.117. The quantitative estimate of drug-likeness (QED) is 0.882. The molecule has 1 fully saturated rings. The molecule has 1 aliphatic rings. The first-order valence-electron chi connectivity index (χ1n) is 6.99. The maximum Gasteiger partial charge on any atom is 0.257 e. The zero-order chi connectivity index (χ0) is 14.7. The lowest BCUT2D eigenvalue weighted by Crippen LogP contribution is -2.13. The highest BCUT2D eigenvalue weighted by Crippen LogP contribution is 2.30. The Morgan fingerprint density at radius 2 is 2.33 bits per heavy atom. The summed E-state index contributed by atoms with van der Waals surface area (Å²) in [4.78, 5) is 16.1. The molecule has 110 valence electrons. The van der Waals surface area contributed by atoms with Gasteiger partial charge >= 0.3 is 0 Å². The van der Waals surface area contributed by atoms with E-state index in [1.807, 2.05) is 24.3 Å². The molecule has 0 saturated heterocycles. The molecule has 2 aromatic rings. The van der Waals surface area contributed by atoms with Crippen LogP contribution in [0.15, 0.2) is 28.8 Å². The van der Waals surface area contributed by atoms with E-state index < -0.39 is 0 Å². The summed E-state index contributed by atoms with van der Waals surface area (Å²) < 4.78 is 10.2. The van der Waals surface area contributed by atoms with Gasteiger partial charge in [0.25, 0.3) is 5.89 Å². The predicted molar refractivity (Wildman–Crippen MR) is 76.7 cm³/mol. The van der Waals surface area contributed by atoms with Crippen LogP contribution in [0, 0.1) is 5.92 Å². The molecule has 1 saturated carbocycles. The molecule has 6 heteroatoms. The van der Waals surface area contributed by atoms with Gasteiger partial charge in [-0.05, 0) is 31.0 Å². The zero-order valence-corrected chi connectivity index (χ0v) is 11.8. The Morgan fingerprint density at radius 3 is 3.10 bits per heavy atom. The first-order chi connectivity index (χ1) is 10.3. The van der Waals surface area contributed by atoms with Gasteiger partial charge in [0.1, 0.15) is 0 Å². The van der Waals surface area contributed by atoms with Crippen LogP contribution in [0.3, 0.4) is 0 Å². The summed E-state index contributed by atoms with van der Waals surface area (Å²) >= 11 is 0. The van der Waals surface area contributed by atoms with Crippen LogP contribution in [0.2, 0.25) is 0 Å². The Bertz CT molecular complexity index is 635. The van der Waals surface area contributed by atoms with Crippen molar-refractivity contribution in [2.45, 2.75) is 19.3 Å². The van der Waals surface area contributed by atoms with Crippen LogP contribution in [0.25, 0.3) is 11.5 Å². The number of hydrogen-bond donors (Lipinski definition) is 1. The van der Waals surface area contributed by atoms with E-state index >= 15 is 0 Å². The number of hydrogen-bond acceptors (Lipinski definition) is 5. The fourth-order valence-electron chi connectivity index (χ4n) is 1.99. The topological polar surface area (TPSA) is 77.3 Å². The van der Waals surface area contributed by atoms with Crippen molar-refractivity contribution in [3.05, 3.63) is 30.1 Å². The summed E-state index contributed by atoms with van der Waals surface area (Å²) in [5.41, 5.74) is 1.54. The van der Waals surface area contributed by atoms with Crippen LogP contribution in [-0.2, 0) is 16.0 Å². The number of ether oxygens (including phenoxy) is 1. The van der Waals surface area contributed by atoms with Crippen molar-refractivity contribution in [2.24, 2.45) is 5.92 Å². The van der Waals surface area contributed by atoms with Crippen LogP contribution < -0.4 is 5.32 Å². The lowest BCUT2D eigenvalue weighted by atomic mass is 10.2. The number of anilines is 1. The number of rotatable bonds is 6. The van der Waals surface area contributed by atoms with Crippen LogP contribution in [0.5, 0.6) is 0 Å². The van der Waals surface area contributed by atoms with Crippen molar-refractivity contribution in [1.29, 1.82) is 0 Å². The van der Waals surface area contributed by atoms with Crippen molar-refractivity contribution in [2.75, 3.05) is 19.0 Å². The maximum atomic E-state index is 11.8. The van der Waals surface area contributed by atoms with Gasteiger partial charge in [0.15, 0.2) is 5.82 Å². The summed E-state index contributed by atoms with van der Waals surface area (Å²) in [6, 6.07) is 7.43. The molecule has 1 aliphatic carbocycles. The highest BCUT2D eigenvalue weighted by atomic mass is 16.5. The summed E-state index contributed by atoms with van der Waals surface area (Å²) in [6.45, 7) is 0.552. The smallest absolute Gasteiger partial charge is 0.257 e. The Kier molecular flexibility index (Phi) is 3.96. The Balaban J connectivity index is 1.72. The number of amides is 1. The van der Waals surface area contributed by atoms with Gasteiger partial charge in [-0.2, -0.15) is 4.98 Å². The minimum Gasteiger partial charge on any atom is -0.384 e. The van der Waals surface area contributed by atoms with Crippen LogP contribution in [0.4, 0.5) is 5.69 Å². The maximum absolute atomic E-state index is 11.8. The van der Waals surface area contributed by atoms with E-state index in [1.165, 1.54) is 0 Å². The second-order valence-electron chi connectivity index (χ2n) is 5.10. The molecule has 0 radical (unpaired) electrons. The van der Waals surface area contributed by atoms with Gasteiger partial charge in [0, 0.05) is 30.7 Å². The predicted octanol–water partition coefficient (Wildman–Crippen LogP) is 2.27. The van der Waals surface area contributed by atoms with E-state index in [1.54, 1.807) is 7.11 Å². The second-order valence-corrected chi connectivity index (χ2v) is 5.10. The zero-order valence-electron chi connectivity index (χ0n) is 11.8. The van der Waals surface area contributed by atoms with Crippen LogP contribution in [-0.4, -0.2) is 29.8 Å². The molecule has 1 heterocycles. The number of nitrogens with zero attached hydrogens (tertiary/aromatic N) is 2. The Labute approximate surface area is 122 Å². The van der Waals surface area contributed by atoms with Gasteiger partial charge in [-0.25, -0.2) is 0 Å². The normalized spacial score (nSPS) is 14.1. The van der Waals surface area contributed by atoms with Crippen LogP contribution >= 0.6 is 0 Å². The van der Waals surface area contributed by atoms with Crippen molar-refractivity contribution in [1.82, 2.24) is 10.1 Å². The SMILES string of the molecule is COCCc1noc(-c2cccc(NC(=O)C3CC3)c2)n1. The third-order valence-corrected chi connectivity index (χ3v) is 3.32. The molecule has 1 N–H and O–H groups in total. The van der Waals surface area contributed by atoms with Gasteiger partial charge in [-0.1, -0.05) is 11.2 Å². The number of benzene rings is 1. The van der Waals surface area contributed by atoms with Crippen molar-refractivity contribution < 1.29 is 14.1 Å². The van der Waals surface area contributed by atoms with E-state index in [0.29, 0.717) is 24.7 Å². The molecule has 21 heavy (non-hydrogen) atoms. The number of methoxy groups -OCH3 is 1. The molecule has 0 atom stereocenters. The third-order valence-electron chi connectivity index (χ3n) is 3.32. The molecule has 0 unspecified atom stereocenters. The Morgan fingerprint density at radius 1 is 1.48 bits per heavy atom. The average molecular weight is 287 g/mol. The molecular weight excluding hydrogens is 270 g/mol. The summed E-state index contributed by atoms with van der Waals surface area (Å²) in [6.07, 6.45) is 2.58. The van der Waals surface area contributed by atoms with Crippen molar-refractivity contribution in [3.8, 4) is 11.5 Å². The van der Waals surface area contributed by atoms with E-state index in [9.17, 15) is 4.79 Å². The van der Waals surface area contributed by atoms with E-state index in [4.69, 9.17) is 9.26 Å². The molecule has 1 aromatic carbocycles. The fourth-order valence-corrected chi connectivity index (χ4v) is 1.99. The number of carbonyl (C=O) groups is 1. The van der Waals surface area contributed by atoms with Gasteiger partial charge < -0.3 is 14.6 Å². The standard InChI is InChI=1S/C15H17N3O3/c1-20-8-7-13-17-15(21-18-13)11-3-2-4-12(9-11)16-14(19)10-5-6-10/h2-4,9-10H,5-8H2,1H3,(H,16,19). The highest BCUT2D eigenvalue weighted by Gasteiger charge is 2.29. The second kappa shape index (κ2) is 6.05. The minimum absolute atomic E-state index is 0.0819. The minimum atomic E-state index is 0.0819. The molecule has 0 bridgehead atoms. The highest BCUT2D eigenvalue weighted by molar-refractivity contribution is 5.94. The monoisotopic (exact) mass is 287 g/mol. The third kappa shape index (κ3) is 3.46. The first kappa shape index (κ1) is 13.8. The summed E-state index contributed by atoms with van der Waals surface area (Å²) in [5, 5.41) is 6.81. The Hall–Kier alpha value is -2.21. The average Bonchev–Trinajstić information content (AvgIpc) is 3.24. The van der Waals surface area contributed by atoms with Gasteiger partial charge in [-0.15, -0.1) is 0 Å². The van der Waals surface area contributed by atoms with Crippen molar-refractivity contribution in [3.63, 3.8) is 0 Å². The lowest BCUT2D eigenvalue weighted by Gasteiger charge is -2.04. The fraction of sp³-hybridized carbons (Fsp3) is 0.400. The molecule has 3 rings (SSSR count). The molecular formula is C15H17N3O3. The van der Waals surface area contributed by atoms with E-state index in [-0.39, 0.29) is 11.8 Å². The molecule has 0 spiro atoms. The number of nitrogens with one attached hydrogen (secondary N) is 1. The van der Waals surface area contributed by atoms with Gasteiger partial charge in [-0.3, -0.25) is 4.79 Å². The summed E-state index contributed by atoms with van der Waals surface area (Å²) in [7, 11) is 1.63. The van der Waals surface area contributed by atoms with Crippen molar-refractivity contribution >= 4 is 11.6 Å². The molecule has 1 aromatic heterocycles.